The predicted molar refractivity (Wildman–Crippen MR) is 70.1 cm³/mol. The molecule has 0 spiro atoms. The molecule has 0 aliphatic carbocycles. The highest BCUT2D eigenvalue weighted by atomic mass is 15.1. The Bertz CT molecular complexity index is 213. The zero-order chi connectivity index (χ0) is 11.5. The largest absolute Gasteiger partial charge is 0.302 e. The van der Waals surface area contributed by atoms with E-state index in [1.54, 1.807) is 0 Å². The van der Waals surface area contributed by atoms with Crippen LogP contribution in [0, 0.1) is 0 Å². The Kier molecular flexibility index (Phi) is 9.19. The van der Waals surface area contributed by atoms with E-state index in [2.05, 4.69) is 50.6 Å². The normalized spacial score (nSPS) is 12.7. The quantitative estimate of drug-likeness (QED) is 0.547. The fraction of sp³-hybridized carbons (Fsp3) is 0.571. The lowest BCUT2D eigenvalue weighted by atomic mass is 10.2. The van der Waals surface area contributed by atoms with Crippen LogP contribution in [0.1, 0.15) is 33.1 Å². The van der Waals surface area contributed by atoms with Gasteiger partial charge in [0.25, 0.3) is 0 Å². The standard InChI is InChI=1S/C14H25N/c1-5-8-11-14(10-7-3)13-15(4)12-9-6-2/h7-8,10-11H,3,5-6,9,12-13H2,1-2,4H3/b11-8-,14-10+. The minimum Gasteiger partial charge on any atom is -0.302 e. The summed E-state index contributed by atoms with van der Waals surface area (Å²) in [4.78, 5) is 2.36. The molecule has 0 aromatic carbocycles. The Morgan fingerprint density at radius 2 is 2.07 bits per heavy atom. The molecule has 1 heteroatoms. The van der Waals surface area contributed by atoms with Crippen molar-refractivity contribution in [3.63, 3.8) is 0 Å². The summed E-state index contributed by atoms with van der Waals surface area (Å²) in [7, 11) is 2.17. The van der Waals surface area contributed by atoms with E-state index in [4.69, 9.17) is 0 Å². The molecular formula is C14H25N. The predicted octanol–water partition coefficient (Wildman–Crippen LogP) is 3.80. The smallest absolute Gasteiger partial charge is 0.0230 e. The van der Waals surface area contributed by atoms with Gasteiger partial charge in [-0.1, -0.05) is 51.2 Å². The molecule has 0 aliphatic heterocycles. The lowest BCUT2D eigenvalue weighted by molar-refractivity contribution is 0.357. The van der Waals surface area contributed by atoms with Gasteiger partial charge in [-0.25, -0.2) is 0 Å². The highest BCUT2D eigenvalue weighted by Gasteiger charge is 1.98. The molecule has 0 rings (SSSR count). The van der Waals surface area contributed by atoms with Gasteiger partial charge in [0.15, 0.2) is 0 Å². The van der Waals surface area contributed by atoms with Crippen LogP contribution >= 0.6 is 0 Å². The van der Waals surface area contributed by atoms with E-state index in [9.17, 15) is 0 Å². The first-order chi connectivity index (χ1) is 7.24. The van der Waals surface area contributed by atoms with Gasteiger partial charge in [-0.3, -0.25) is 0 Å². The second-order valence-corrected chi connectivity index (χ2v) is 3.88. The van der Waals surface area contributed by atoms with Crippen molar-refractivity contribution in [1.82, 2.24) is 4.90 Å². The van der Waals surface area contributed by atoms with Gasteiger partial charge in [0.1, 0.15) is 0 Å². The van der Waals surface area contributed by atoms with Crippen molar-refractivity contribution < 1.29 is 0 Å². The van der Waals surface area contributed by atoms with E-state index in [0.29, 0.717) is 0 Å². The fourth-order valence-electron chi connectivity index (χ4n) is 1.40. The van der Waals surface area contributed by atoms with Gasteiger partial charge in [-0.15, -0.1) is 0 Å². The molecule has 0 saturated heterocycles. The van der Waals surface area contributed by atoms with Gasteiger partial charge in [-0.2, -0.15) is 0 Å². The minimum absolute atomic E-state index is 1.02. The highest BCUT2D eigenvalue weighted by Crippen LogP contribution is 2.03. The first-order valence-corrected chi connectivity index (χ1v) is 5.91. The molecule has 15 heavy (non-hydrogen) atoms. The maximum absolute atomic E-state index is 3.75. The molecule has 0 radical (unpaired) electrons. The number of hydrogen-bond donors (Lipinski definition) is 0. The summed E-state index contributed by atoms with van der Waals surface area (Å²) in [6.45, 7) is 10.3. The molecule has 0 fully saturated rings. The summed E-state index contributed by atoms with van der Waals surface area (Å²) < 4.78 is 0. The van der Waals surface area contributed by atoms with E-state index in [1.165, 1.54) is 25.0 Å². The van der Waals surface area contributed by atoms with Crippen molar-refractivity contribution in [2.45, 2.75) is 33.1 Å². The molecule has 0 atom stereocenters. The summed E-state index contributed by atoms with van der Waals surface area (Å²) in [5, 5.41) is 0. The molecule has 0 aromatic heterocycles. The summed E-state index contributed by atoms with van der Waals surface area (Å²) >= 11 is 0. The van der Waals surface area contributed by atoms with Crippen LogP contribution in [0.5, 0.6) is 0 Å². The number of unbranched alkanes of at least 4 members (excludes halogenated alkanes) is 1. The molecule has 0 N–H and O–H groups in total. The molecule has 0 amide bonds. The molecule has 1 nitrogen and oxygen atoms in total. The average Bonchev–Trinajstić information content (AvgIpc) is 2.23. The molecular weight excluding hydrogens is 182 g/mol. The Morgan fingerprint density at radius 3 is 2.60 bits per heavy atom. The van der Waals surface area contributed by atoms with Crippen molar-refractivity contribution in [1.29, 1.82) is 0 Å². The van der Waals surface area contributed by atoms with E-state index in [0.717, 1.165) is 13.0 Å². The zero-order valence-corrected chi connectivity index (χ0v) is 10.5. The third kappa shape index (κ3) is 8.19. The second-order valence-electron chi connectivity index (χ2n) is 3.88. The summed E-state index contributed by atoms with van der Waals surface area (Å²) in [5.74, 6) is 0. The van der Waals surface area contributed by atoms with Crippen LogP contribution < -0.4 is 0 Å². The molecule has 0 bridgehead atoms. The molecule has 0 aliphatic rings. The number of hydrogen-bond acceptors (Lipinski definition) is 1. The van der Waals surface area contributed by atoms with Gasteiger partial charge in [0.2, 0.25) is 0 Å². The molecule has 86 valence electrons. The van der Waals surface area contributed by atoms with E-state index in [-0.39, 0.29) is 0 Å². The SMILES string of the molecule is C=C/C=C(\C=C/CC)CN(C)CCCC. The second kappa shape index (κ2) is 9.72. The molecule has 0 saturated carbocycles. The molecule has 0 unspecified atom stereocenters. The van der Waals surface area contributed by atoms with Crippen LogP contribution in [0.4, 0.5) is 0 Å². The summed E-state index contributed by atoms with van der Waals surface area (Å²) in [5.41, 5.74) is 1.34. The maximum Gasteiger partial charge on any atom is 0.0230 e. The number of rotatable bonds is 8. The van der Waals surface area contributed by atoms with E-state index >= 15 is 0 Å². The Balaban J connectivity index is 4.10. The highest BCUT2D eigenvalue weighted by molar-refractivity contribution is 5.24. The van der Waals surface area contributed by atoms with Crippen molar-refractivity contribution in [2.24, 2.45) is 0 Å². The van der Waals surface area contributed by atoms with Crippen molar-refractivity contribution >= 4 is 0 Å². The van der Waals surface area contributed by atoms with Gasteiger partial charge in [0, 0.05) is 6.54 Å². The van der Waals surface area contributed by atoms with Gasteiger partial charge < -0.3 is 4.90 Å². The summed E-state index contributed by atoms with van der Waals surface area (Å²) in [6, 6.07) is 0. The van der Waals surface area contributed by atoms with Crippen LogP contribution in [-0.2, 0) is 0 Å². The third-order valence-corrected chi connectivity index (χ3v) is 2.25. The van der Waals surface area contributed by atoms with Gasteiger partial charge >= 0.3 is 0 Å². The van der Waals surface area contributed by atoms with Crippen LogP contribution in [0.15, 0.2) is 36.5 Å². The number of allylic oxidation sites excluding steroid dienone is 3. The Morgan fingerprint density at radius 1 is 1.33 bits per heavy atom. The summed E-state index contributed by atoms with van der Waals surface area (Å²) in [6.07, 6.45) is 12.0. The lowest BCUT2D eigenvalue weighted by Gasteiger charge is -2.16. The molecule has 0 heterocycles. The maximum atomic E-state index is 3.75. The third-order valence-electron chi connectivity index (χ3n) is 2.25. The number of likely N-dealkylation sites (N-methyl/N-ethyl adjacent to an activating group) is 1. The first kappa shape index (κ1) is 14.2. The van der Waals surface area contributed by atoms with Crippen LogP contribution in [-0.4, -0.2) is 25.0 Å². The Hall–Kier alpha value is -0.820. The van der Waals surface area contributed by atoms with E-state index < -0.39 is 0 Å². The minimum atomic E-state index is 1.02. The van der Waals surface area contributed by atoms with Gasteiger partial charge in [0.05, 0.1) is 0 Å². The van der Waals surface area contributed by atoms with Crippen molar-refractivity contribution in [3.8, 4) is 0 Å². The topological polar surface area (TPSA) is 3.24 Å². The molecule has 0 aromatic rings. The fourth-order valence-corrected chi connectivity index (χ4v) is 1.40. The zero-order valence-electron chi connectivity index (χ0n) is 10.5. The van der Waals surface area contributed by atoms with Crippen LogP contribution in [0.3, 0.4) is 0 Å². The van der Waals surface area contributed by atoms with E-state index in [1.807, 2.05) is 6.08 Å². The average molecular weight is 207 g/mol. The van der Waals surface area contributed by atoms with Crippen LogP contribution in [0.25, 0.3) is 0 Å². The van der Waals surface area contributed by atoms with Crippen molar-refractivity contribution in [3.05, 3.63) is 36.5 Å². The van der Waals surface area contributed by atoms with Gasteiger partial charge in [-0.05, 0) is 32.0 Å². The number of nitrogens with zero attached hydrogens (tertiary/aromatic N) is 1. The van der Waals surface area contributed by atoms with Crippen LogP contribution in [0.2, 0.25) is 0 Å². The monoisotopic (exact) mass is 207 g/mol. The first-order valence-electron chi connectivity index (χ1n) is 5.91. The Labute approximate surface area is 95.2 Å². The van der Waals surface area contributed by atoms with Crippen molar-refractivity contribution in [2.75, 3.05) is 20.1 Å². The lowest BCUT2D eigenvalue weighted by Crippen LogP contribution is -2.21.